The van der Waals surface area contributed by atoms with Gasteiger partial charge in [-0.15, -0.1) is 0 Å². The molecule has 2 aromatic carbocycles. The van der Waals surface area contributed by atoms with Gasteiger partial charge >= 0.3 is 0 Å². The van der Waals surface area contributed by atoms with Gasteiger partial charge in [-0.05, 0) is 35.4 Å². The third-order valence-electron chi connectivity index (χ3n) is 5.05. The SMILES string of the molecule is COc1ccc(C[C@]2(O)CO[C@@H](c3ccc(O)c(O)c3)[C@H]2CO)cc1OC. The molecular weight excluding hydrogens is 352 g/mol. The lowest BCUT2D eigenvalue weighted by Crippen LogP contribution is -2.41. The lowest BCUT2D eigenvalue weighted by Gasteiger charge is -2.29. The second-order valence-corrected chi connectivity index (χ2v) is 6.74. The second-order valence-electron chi connectivity index (χ2n) is 6.74. The van der Waals surface area contributed by atoms with Crippen molar-refractivity contribution in [2.75, 3.05) is 27.4 Å². The van der Waals surface area contributed by atoms with Crippen molar-refractivity contribution in [1.29, 1.82) is 0 Å². The van der Waals surface area contributed by atoms with Gasteiger partial charge in [0.2, 0.25) is 0 Å². The summed E-state index contributed by atoms with van der Waals surface area (Å²) >= 11 is 0. The summed E-state index contributed by atoms with van der Waals surface area (Å²) in [5, 5.41) is 40.3. The first-order valence-electron chi connectivity index (χ1n) is 8.59. The molecule has 0 amide bonds. The molecule has 0 saturated carbocycles. The van der Waals surface area contributed by atoms with Crippen LogP contribution in [0.2, 0.25) is 0 Å². The van der Waals surface area contributed by atoms with Gasteiger partial charge in [0.1, 0.15) is 0 Å². The topological polar surface area (TPSA) is 109 Å². The van der Waals surface area contributed by atoms with E-state index in [4.69, 9.17) is 14.2 Å². The summed E-state index contributed by atoms with van der Waals surface area (Å²) in [5.74, 6) is 0.0284. The predicted octanol–water partition coefficient (Wildman–Crippen LogP) is 1.77. The highest BCUT2D eigenvalue weighted by atomic mass is 16.5. The summed E-state index contributed by atoms with van der Waals surface area (Å²) in [6.45, 7) is -0.269. The Morgan fingerprint density at radius 2 is 1.78 bits per heavy atom. The molecule has 1 aliphatic rings. The number of phenols is 2. The van der Waals surface area contributed by atoms with Crippen LogP contribution in [0.5, 0.6) is 23.0 Å². The number of aliphatic hydroxyl groups is 2. The molecule has 7 heteroatoms. The van der Waals surface area contributed by atoms with Crippen molar-refractivity contribution in [3.05, 3.63) is 47.5 Å². The van der Waals surface area contributed by atoms with Gasteiger partial charge < -0.3 is 34.6 Å². The molecule has 0 bridgehead atoms. The number of benzene rings is 2. The fraction of sp³-hybridized carbons (Fsp3) is 0.400. The zero-order valence-electron chi connectivity index (χ0n) is 15.3. The Morgan fingerprint density at radius 1 is 1.04 bits per heavy atom. The van der Waals surface area contributed by atoms with E-state index in [9.17, 15) is 20.4 Å². The first-order chi connectivity index (χ1) is 12.9. The average Bonchev–Trinajstić information content (AvgIpc) is 2.99. The molecule has 27 heavy (non-hydrogen) atoms. The number of ether oxygens (including phenoxy) is 3. The van der Waals surface area contributed by atoms with E-state index < -0.39 is 17.6 Å². The van der Waals surface area contributed by atoms with Crippen LogP contribution in [0.15, 0.2) is 36.4 Å². The Bertz CT molecular complexity index is 807. The van der Waals surface area contributed by atoms with Crippen LogP contribution in [-0.4, -0.2) is 53.5 Å². The molecule has 2 aromatic rings. The molecule has 1 saturated heterocycles. The van der Waals surface area contributed by atoms with Crippen LogP contribution in [-0.2, 0) is 11.2 Å². The summed E-state index contributed by atoms with van der Waals surface area (Å²) in [4.78, 5) is 0. The quantitative estimate of drug-likeness (QED) is 0.569. The van der Waals surface area contributed by atoms with E-state index in [1.807, 2.05) is 6.07 Å². The van der Waals surface area contributed by atoms with Gasteiger partial charge in [0.15, 0.2) is 23.0 Å². The van der Waals surface area contributed by atoms with E-state index in [-0.39, 0.29) is 31.1 Å². The predicted molar refractivity (Wildman–Crippen MR) is 97.2 cm³/mol. The Morgan fingerprint density at radius 3 is 2.41 bits per heavy atom. The minimum atomic E-state index is -1.30. The average molecular weight is 376 g/mol. The summed E-state index contributed by atoms with van der Waals surface area (Å²) in [6.07, 6.45) is -0.356. The second kappa shape index (κ2) is 7.64. The van der Waals surface area contributed by atoms with Gasteiger partial charge in [-0.2, -0.15) is 0 Å². The van der Waals surface area contributed by atoms with Crippen molar-refractivity contribution in [3.63, 3.8) is 0 Å². The van der Waals surface area contributed by atoms with Gasteiger partial charge in [-0.25, -0.2) is 0 Å². The summed E-state index contributed by atoms with van der Waals surface area (Å²) < 4.78 is 16.3. The molecule has 0 aromatic heterocycles. The fourth-order valence-electron chi connectivity index (χ4n) is 3.58. The van der Waals surface area contributed by atoms with Crippen molar-refractivity contribution in [3.8, 4) is 23.0 Å². The van der Waals surface area contributed by atoms with Crippen LogP contribution >= 0.6 is 0 Å². The maximum atomic E-state index is 11.2. The van der Waals surface area contributed by atoms with Gasteiger partial charge in [-0.1, -0.05) is 12.1 Å². The van der Waals surface area contributed by atoms with Gasteiger partial charge in [0, 0.05) is 12.3 Å². The summed E-state index contributed by atoms with van der Waals surface area (Å²) in [6, 6.07) is 9.71. The molecular formula is C20H24O7. The number of rotatable bonds is 6. The van der Waals surface area contributed by atoms with Crippen molar-refractivity contribution in [2.45, 2.75) is 18.1 Å². The monoisotopic (exact) mass is 376 g/mol. The Balaban J connectivity index is 1.86. The molecule has 3 atom stereocenters. The molecule has 0 spiro atoms. The van der Waals surface area contributed by atoms with E-state index >= 15 is 0 Å². The molecule has 0 unspecified atom stereocenters. The van der Waals surface area contributed by atoms with E-state index in [1.165, 1.54) is 12.1 Å². The Kier molecular flexibility index (Phi) is 5.46. The van der Waals surface area contributed by atoms with Crippen molar-refractivity contribution in [2.24, 2.45) is 5.92 Å². The Labute approximate surface area is 157 Å². The van der Waals surface area contributed by atoms with Crippen LogP contribution in [0.25, 0.3) is 0 Å². The van der Waals surface area contributed by atoms with Crippen LogP contribution in [0, 0.1) is 5.92 Å². The third kappa shape index (κ3) is 3.66. The van der Waals surface area contributed by atoms with E-state index in [2.05, 4.69) is 0 Å². The summed E-state index contributed by atoms with van der Waals surface area (Å²) in [7, 11) is 3.09. The minimum Gasteiger partial charge on any atom is -0.504 e. The molecule has 1 aliphatic heterocycles. The highest BCUT2D eigenvalue weighted by Crippen LogP contribution is 2.44. The van der Waals surface area contributed by atoms with Crippen LogP contribution in [0.4, 0.5) is 0 Å². The molecule has 1 fully saturated rings. The lowest BCUT2D eigenvalue weighted by molar-refractivity contribution is -0.0150. The first kappa shape index (κ1) is 19.3. The summed E-state index contributed by atoms with van der Waals surface area (Å²) in [5.41, 5.74) is 0.0889. The largest absolute Gasteiger partial charge is 0.504 e. The zero-order chi connectivity index (χ0) is 19.6. The standard InChI is InChI=1S/C20H24O7/c1-25-17-6-3-12(7-18(17)26-2)9-20(24)11-27-19(14(20)10-21)13-4-5-15(22)16(23)8-13/h3-8,14,19,21-24H,9-11H2,1-2H3/t14-,19+,20+/m1/s1. The maximum Gasteiger partial charge on any atom is 0.160 e. The smallest absolute Gasteiger partial charge is 0.160 e. The molecule has 1 heterocycles. The number of phenolic OH excluding ortho intramolecular Hbond substituents is 2. The molecule has 3 rings (SSSR count). The van der Waals surface area contributed by atoms with Crippen molar-refractivity contribution >= 4 is 0 Å². The molecule has 7 nitrogen and oxygen atoms in total. The van der Waals surface area contributed by atoms with Gasteiger partial charge in [-0.3, -0.25) is 0 Å². The number of methoxy groups -OCH3 is 2. The van der Waals surface area contributed by atoms with E-state index in [1.54, 1.807) is 32.4 Å². The van der Waals surface area contributed by atoms with Gasteiger partial charge in [0.25, 0.3) is 0 Å². The normalized spacial score (nSPS) is 24.7. The number of aliphatic hydroxyl groups excluding tert-OH is 1. The number of hydrogen-bond donors (Lipinski definition) is 4. The molecule has 4 N–H and O–H groups in total. The Hall–Kier alpha value is -2.48. The van der Waals surface area contributed by atoms with Crippen LogP contribution in [0.1, 0.15) is 17.2 Å². The first-order valence-corrected chi connectivity index (χ1v) is 8.59. The molecule has 0 aliphatic carbocycles. The lowest BCUT2D eigenvalue weighted by atomic mass is 9.80. The van der Waals surface area contributed by atoms with E-state index in [0.717, 1.165) is 5.56 Å². The molecule has 0 radical (unpaired) electrons. The number of aromatic hydroxyl groups is 2. The number of hydrogen-bond acceptors (Lipinski definition) is 7. The zero-order valence-corrected chi connectivity index (χ0v) is 15.3. The van der Waals surface area contributed by atoms with Crippen LogP contribution in [0.3, 0.4) is 0 Å². The molecule has 146 valence electrons. The third-order valence-corrected chi connectivity index (χ3v) is 5.05. The maximum absolute atomic E-state index is 11.2. The fourth-order valence-corrected chi connectivity index (χ4v) is 3.58. The van der Waals surface area contributed by atoms with Crippen molar-refractivity contribution in [1.82, 2.24) is 0 Å². The van der Waals surface area contributed by atoms with E-state index in [0.29, 0.717) is 17.1 Å². The highest BCUT2D eigenvalue weighted by molar-refractivity contribution is 5.44. The minimum absolute atomic E-state index is 0.0267. The van der Waals surface area contributed by atoms with Crippen LogP contribution < -0.4 is 9.47 Å². The van der Waals surface area contributed by atoms with Crippen molar-refractivity contribution < 1.29 is 34.6 Å². The highest BCUT2D eigenvalue weighted by Gasteiger charge is 2.49. The van der Waals surface area contributed by atoms with Gasteiger partial charge in [0.05, 0.1) is 39.1 Å².